The molecule has 2 atom stereocenters. The van der Waals surface area contributed by atoms with Crippen molar-refractivity contribution in [2.45, 2.75) is 45.6 Å². The second-order valence-electron chi connectivity index (χ2n) is 6.17. The fourth-order valence-corrected chi connectivity index (χ4v) is 3.86. The number of aromatic nitrogens is 3. The molecule has 0 aliphatic carbocycles. The van der Waals surface area contributed by atoms with Gasteiger partial charge in [0, 0.05) is 38.0 Å². The van der Waals surface area contributed by atoms with Crippen LogP contribution in [-0.4, -0.2) is 39.1 Å². The zero-order chi connectivity index (χ0) is 16.9. The highest BCUT2D eigenvalue weighted by atomic mass is 32.1. The van der Waals surface area contributed by atoms with Crippen molar-refractivity contribution in [3.63, 3.8) is 0 Å². The predicted molar refractivity (Wildman–Crippen MR) is 90.7 cm³/mol. The molecule has 7 nitrogen and oxygen atoms in total. The van der Waals surface area contributed by atoms with Gasteiger partial charge in [-0.3, -0.25) is 0 Å². The van der Waals surface area contributed by atoms with Crippen LogP contribution in [0.3, 0.4) is 0 Å². The summed E-state index contributed by atoms with van der Waals surface area (Å²) in [4.78, 5) is 23.1. The number of carbonyl (C=O) groups is 1. The Kier molecular flexibility index (Phi) is 5.44. The number of piperidine rings is 1. The number of carbonyl (C=O) groups excluding carboxylic acids is 1. The second kappa shape index (κ2) is 7.74. The summed E-state index contributed by atoms with van der Waals surface area (Å²) >= 11 is 1.58. The summed E-state index contributed by atoms with van der Waals surface area (Å²) in [5.74, 6) is 1.69. The SMILES string of the molecule is CC[C@H](NC(=O)N1CCC[C@H](Cc2noc(C)n2)C1)c1nccs1. The Hall–Kier alpha value is -1.96. The molecular formula is C16H23N5O2S. The highest BCUT2D eigenvalue weighted by Crippen LogP contribution is 2.22. The van der Waals surface area contributed by atoms with Crippen LogP contribution in [0.5, 0.6) is 0 Å². The molecular weight excluding hydrogens is 326 g/mol. The minimum Gasteiger partial charge on any atom is -0.340 e. The first kappa shape index (κ1) is 16.9. The maximum atomic E-state index is 12.6. The molecule has 0 aromatic carbocycles. The van der Waals surface area contributed by atoms with Crippen molar-refractivity contribution in [1.82, 2.24) is 25.3 Å². The lowest BCUT2D eigenvalue weighted by atomic mass is 9.95. The Balaban J connectivity index is 1.56. The molecule has 0 spiro atoms. The van der Waals surface area contributed by atoms with Crippen LogP contribution in [0.2, 0.25) is 0 Å². The minimum absolute atomic E-state index is 0.00829. The van der Waals surface area contributed by atoms with Crippen molar-refractivity contribution < 1.29 is 9.32 Å². The molecule has 1 N–H and O–H groups in total. The number of urea groups is 1. The number of rotatable bonds is 5. The normalized spacial score (nSPS) is 19.2. The van der Waals surface area contributed by atoms with E-state index in [1.165, 1.54) is 0 Å². The van der Waals surface area contributed by atoms with E-state index < -0.39 is 0 Å². The molecule has 3 rings (SSSR count). The van der Waals surface area contributed by atoms with Gasteiger partial charge < -0.3 is 14.7 Å². The van der Waals surface area contributed by atoms with Crippen molar-refractivity contribution >= 4 is 17.4 Å². The lowest BCUT2D eigenvalue weighted by Gasteiger charge is -2.33. The van der Waals surface area contributed by atoms with Gasteiger partial charge in [-0.2, -0.15) is 4.98 Å². The van der Waals surface area contributed by atoms with E-state index in [2.05, 4.69) is 27.4 Å². The molecule has 0 unspecified atom stereocenters. The highest BCUT2D eigenvalue weighted by molar-refractivity contribution is 7.09. The zero-order valence-electron chi connectivity index (χ0n) is 14.1. The molecule has 2 amide bonds. The first-order valence-electron chi connectivity index (χ1n) is 8.39. The first-order chi connectivity index (χ1) is 11.7. The van der Waals surface area contributed by atoms with Gasteiger partial charge in [0.15, 0.2) is 5.82 Å². The third-order valence-corrected chi connectivity index (χ3v) is 5.19. The number of hydrogen-bond donors (Lipinski definition) is 1. The summed E-state index contributed by atoms with van der Waals surface area (Å²) in [5, 5.41) is 9.97. The van der Waals surface area contributed by atoms with Gasteiger partial charge in [0.05, 0.1) is 6.04 Å². The van der Waals surface area contributed by atoms with Gasteiger partial charge in [-0.1, -0.05) is 12.1 Å². The zero-order valence-corrected chi connectivity index (χ0v) is 14.9. The monoisotopic (exact) mass is 349 g/mol. The van der Waals surface area contributed by atoms with Gasteiger partial charge in [0.2, 0.25) is 5.89 Å². The Bertz CT molecular complexity index is 657. The third-order valence-electron chi connectivity index (χ3n) is 4.30. The molecule has 8 heteroatoms. The molecule has 2 aromatic heterocycles. The van der Waals surface area contributed by atoms with Gasteiger partial charge in [-0.25, -0.2) is 9.78 Å². The molecule has 1 saturated heterocycles. The summed E-state index contributed by atoms with van der Waals surface area (Å²) in [7, 11) is 0. The average molecular weight is 349 g/mol. The smallest absolute Gasteiger partial charge is 0.317 e. The van der Waals surface area contributed by atoms with Crippen molar-refractivity contribution in [1.29, 1.82) is 0 Å². The van der Waals surface area contributed by atoms with Gasteiger partial charge in [0.25, 0.3) is 0 Å². The van der Waals surface area contributed by atoms with Crippen LogP contribution in [0, 0.1) is 12.8 Å². The van der Waals surface area contributed by atoms with Crippen LogP contribution in [0.15, 0.2) is 16.1 Å². The summed E-state index contributed by atoms with van der Waals surface area (Å²) < 4.78 is 5.03. The highest BCUT2D eigenvalue weighted by Gasteiger charge is 2.26. The molecule has 1 fully saturated rings. The predicted octanol–water partition coefficient (Wildman–Crippen LogP) is 2.95. The average Bonchev–Trinajstić information content (AvgIpc) is 3.24. The Labute approximate surface area is 145 Å². The van der Waals surface area contributed by atoms with Gasteiger partial charge in [-0.05, 0) is 25.2 Å². The topological polar surface area (TPSA) is 84.2 Å². The van der Waals surface area contributed by atoms with E-state index in [1.54, 1.807) is 24.5 Å². The number of likely N-dealkylation sites (tertiary alicyclic amines) is 1. The van der Waals surface area contributed by atoms with Crippen molar-refractivity contribution in [3.8, 4) is 0 Å². The van der Waals surface area contributed by atoms with E-state index >= 15 is 0 Å². The first-order valence-corrected chi connectivity index (χ1v) is 9.27. The molecule has 2 aromatic rings. The van der Waals surface area contributed by atoms with E-state index in [-0.39, 0.29) is 12.1 Å². The Morgan fingerprint density at radius 3 is 3.12 bits per heavy atom. The van der Waals surface area contributed by atoms with Crippen LogP contribution in [-0.2, 0) is 6.42 Å². The fourth-order valence-electron chi connectivity index (χ4n) is 3.08. The van der Waals surface area contributed by atoms with Gasteiger partial charge in [-0.15, -0.1) is 11.3 Å². The van der Waals surface area contributed by atoms with Crippen molar-refractivity contribution in [2.24, 2.45) is 5.92 Å². The summed E-state index contributed by atoms with van der Waals surface area (Å²) in [6.07, 6.45) is 5.45. The van der Waals surface area contributed by atoms with Crippen LogP contribution < -0.4 is 5.32 Å². The van der Waals surface area contributed by atoms with E-state index in [4.69, 9.17) is 4.52 Å². The standard InChI is InChI=1S/C16H23N5O2S/c1-3-13(15-17-6-8-24-15)19-16(22)21-7-4-5-12(10-21)9-14-18-11(2)23-20-14/h6,8,12-13H,3-5,7,9-10H2,1-2H3,(H,19,22)/t12-,13+/m1/s1. The molecule has 3 heterocycles. The lowest BCUT2D eigenvalue weighted by Crippen LogP contribution is -2.46. The number of nitrogens with zero attached hydrogens (tertiary/aromatic N) is 4. The largest absolute Gasteiger partial charge is 0.340 e. The quantitative estimate of drug-likeness (QED) is 0.897. The molecule has 0 saturated carbocycles. The maximum Gasteiger partial charge on any atom is 0.317 e. The van der Waals surface area contributed by atoms with E-state index in [0.717, 1.165) is 49.6 Å². The van der Waals surface area contributed by atoms with Crippen LogP contribution in [0.1, 0.15) is 49.0 Å². The summed E-state index contributed by atoms with van der Waals surface area (Å²) in [5.41, 5.74) is 0. The maximum absolute atomic E-state index is 12.6. The lowest BCUT2D eigenvalue weighted by molar-refractivity contribution is 0.160. The number of thiazole rings is 1. The Morgan fingerprint density at radius 1 is 1.58 bits per heavy atom. The van der Waals surface area contributed by atoms with Crippen LogP contribution in [0.25, 0.3) is 0 Å². The van der Waals surface area contributed by atoms with Crippen molar-refractivity contribution in [2.75, 3.05) is 13.1 Å². The molecule has 1 aliphatic rings. The number of aryl methyl sites for hydroxylation is 1. The van der Waals surface area contributed by atoms with E-state index in [9.17, 15) is 4.79 Å². The minimum atomic E-state index is -0.0160. The van der Waals surface area contributed by atoms with Crippen LogP contribution >= 0.6 is 11.3 Å². The fraction of sp³-hybridized carbons (Fsp3) is 0.625. The third kappa shape index (κ3) is 4.11. The van der Waals surface area contributed by atoms with Gasteiger partial charge >= 0.3 is 6.03 Å². The summed E-state index contributed by atoms with van der Waals surface area (Å²) in [6.45, 7) is 5.38. The molecule has 130 valence electrons. The Morgan fingerprint density at radius 2 is 2.46 bits per heavy atom. The summed E-state index contributed by atoms with van der Waals surface area (Å²) in [6, 6.07) is -0.0243. The molecule has 24 heavy (non-hydrogen) atoms. The number of nitrogens with one attached hydrogen (secondary N) is 1. The molecule has 0 bridgehead atoms. The molecule has 1 aliphatic heterocycles. The van der Waals surface area contributed by atoms with E-state index in [0.29, 0.717) is 11.8 Å². The van der Waals surface area contributed by atoms with Crippen molar-refractivity contribution in [3.05, 3.63) is 28.3 Å². The number of hydrogen-bond acceptors (Lipinski definition) is 6. The van der Waals surface area contributed by atoms with Crippen LogP contribution in [0.4, 0.5) is 4.79 Å². The second-order valence-corrected chi connectivity index (χ2v) is 7.09. The van der Waals surface area contributed by atoms with E-state index in [1.807, 2.05) is 10.3 Å². The number of amides is 2. The van der Waals surface area contributed by atoms with Gasteiger partial charge in [0.1, 0.15) is 5.01 Å². The molecule has 0 radical (unpaired) electrons.